The Labute approximate surface area is 333 Å². The Morgan fingerprint density at radius 1 is 0.310 bits per heavy atom. The molecule has 5 nitrogen and oxygen atoms in total. The second-order valence-electron chi connectivity index (χ2n) is 14.8. The molecule has 0 fully saturated rings. The number of nitrogens with zero attached hydrogens (tertiary/aromatic N) is 5. The molecule has 5 heteroatoms. The summed E-state index contributed by atoms with van der Waals surface area (Å²) in [6, 6.07) is 71.0. The van der Waals surface area contributed by atoms with Crippen LogP contribution in [0.1, 0.15) is 0 Å². The molecule has 0 atom stereocenters. The fourth-order valence-corrected chi connectivity index (χ4v) is 8.89. The molecule has 0 spiro atoms. The fourth-order valence-electron chi connectivity index (χ4n) is 8.89. The zero-order chi connectivity index (χ0) is 38.2. The van der Waals surface area contributed by atoms with E-state index in [0.717, 1.165) is 33.5 Å². The summed E-state index contributed by atoms with van der Waals surface area (Å²) in [6.07, 6.45) is 0. The van der Waals surface area contributed by atoms with Gasteiger partial charge in [0.25, 0.3) is 0 Å². The molecule has 12 aromatic rings. The minimum Gasteiger partial charge on any atom is -0.309 e. The second kappa shape index (κ2) is 12.8. The summed E-state index contributed by atoms with van der Waals surface area (Å²) in [5.41, 5.74) is 12.2. The molecule has 0 amide bonds. The number of para-hydroxylation sites is 2. The third-order valence-electron chi connectivity index (χ3n) is 11.5. The van der Waals surface area contributed by atoms with Crippen LogP contribution < -0.4 is 0 Å². The first-order valence-electron chi connectivity index (χ1n) is 19.6. The van der Waals surface area contributed by atoms with E-state index in [-0.39, 0.29) is 0 Å². The molecule has 0 aliphatic rings. The van der Waals surface area contributed by atoms with Gasteiger partial charge in [-0.3, -0.25) is 0 Å². The third-order valence-corrected chi connectivity index (χ3v) is 11.5. The lowest BCUT2D eigenvalue weighted by molar-refractivity contribution is 1.07. The van der Waals surface area contributed by atoms with Crippen LogP contribution in [0.4, 0.5) is 0 Å². The first-order valence-corrected chi connectivity index (χ1v) is 19.6. The Morgan fingerprint density at radius 3 is 1.50 bits per heavy atom. The van der Waals surface area contributed by atoms with Gasteiger partial charge in [0.15, 0.2) is 17.5 Å². The molecule has 0 saturated carbocycles. The van der Waals surface area contributed by atoms with Crippen LogP contribution in [0.5, 0.6) is 0 Å². The molecular formula is C53H33N5. The Hall–Kier alpha value is -7.89. The molecule has 12 rings (SSSR count). The van der Waals surface area contributed by atoms with Crippen molar-refractivity contribution in [1.82, 2.24) is 23.9 Å². The standard InChI is InChI=1S/C53H33N5/c1-3-14-35(15-4-1)51-54-52(36-16-5-2-6-17-36)56-53(55-51)37-28-26-34(27-29-37)38-18-13-19-40(32-38)57-46-25-12-10-23-44(46)49-47(57)31-30-39-33-48-43-22-8-7-20-41(43)42-21-9-11-24-45(42)58(48)50(39)49/h1-33H. The molecule has 58 heavy (non-hydrogen) atoms. The number of hydrogen-bond donors (Lipinski definition) is 0. The molecule has 4 heterocycles. The molecule has 0 saturated heterocycles. The van der Waals surface area contributed by atoms with E-state index >= 15 is 0 Å². The highest BCUT2D eigenvalue weighted by Crippen LogP contribution is 2.41. The summed E-state index contributed by atoms with van der Waals surface area (Å²) in [7, 11) is 0. The minimum absolute atomic E-state index is 0.642. The van der Waals surface area contributed by atoms with E-state index in [9.17, 15) is 0 Å². The van der Waals surface area contributed by atoms with Crippen molar-refractivity contribution in [2.45, 2.75) is 0 Å². The highest BCUT2D eigenvalue weighted by Gasteiger charge is 2.20. The normalized spacial score (nSPS) is 11.8. The Balaban J connectivity index is 1.00. The predicted octanol–water partition coefficient (Wildman–Crippen LogP) is 13.3. The summed E-state index contributed by atoms with van der Waals surface area (Å²) >= 11 is 0. The monoisotopic (exact) mass is 739 g/mol. The molecule has 4 aromatic heterocycles. The van der Waals surface area contributed by atoms with Crippen molar-refractivity contribution in [1.29, 1.82) is 0 Å². The van der Waals surface area contributed by atoms with E-state index in [2.05, 4.69) is 148 Å². The SMILES string of the molecule is c1ccc(-c2nc(-c3ccccc3)nc(-c3ccc(-c4cccc(-n5c6ccccc6c6c5ccc5cc7c8ccccc8c8ccccc8n7c56)c4)cc3)n2)cc1. The molecule has 8 aromatic carbocycles. The van der Waals surface area contributed by atoms with Crippen molar-refractivity contribution in [3.05, 3.63) is 200 Å². The molecule has 0 unspecified atom stereocenters. The van der Waals surface area contributed by atoms with Crippen molar-refractivity contribution < 1.29 is 0 Å². The van der Waals surface area contributed by atoms with Crippen LogP contribution in [-0.4, -0.2) is 23.9 Å². The summed E-state index contributed by atoms with van der Waals surface area (Å²) in [5.74, 6) is 1.95. The lowest BCUT2D eigenvalue weighted by atomic mass is 10.0. The topological polar surface area (TPSA) is 48.0 Å². The molecule has 0 N–H and O–H groups in total. The van der Waals surface area contributed by atoms with E-state index < -0.39 is 0 Å². The average molecular weight is 740 g/mol. The summed E-state index contributed by atoms with van der Waals surface area (Å²) in [5, 5.41) is 7.51. The van der Waals surface area contributed by atoms with Crippen LogP contribution in [0.15, 0.2) is 200 Å². The number of fused-ring (bicyclic) bond motifs is 12. The van der Waals surface area contributed by atoms with Crippen LogP contribution in [0.25, 0.3) is 111 Å². The van der Waals surface area contributed by atoms with Gasteiger partial charge in [-0.1, -0.05) is 164 Å². The van der Waals surface area contributed by atoms with Gasteiger partial charge in [0.2, 0.25) is 0 Å². The number of aromatic nitrogens is 5. The van der Waals surface area contributed by atoms with E-state index in [1.165, 1.54) is 59.9 Å². The van der Waals surface area contributed by atoms with Gasteiger partial charge in [-0.25, -0.2) is 15.0 Å². The van der Waals surface area contributed by atoms with Crippen LogP contribution in [0, 0.1) is 0 Å². The van der Waals surface area contributed by atoms with Crippen LogP contribution in [0.3, 0.4) is 0 Å². The van der Waals surface area contributed by atoms with Gasteiger partial charge in [-0.2, -0.15) is 0 Å². The highest BCUT2D eigenvalue weighted by molar-refractivity contribution is 6.24. The quantitative estimate of drug-likeness (QED) is 0.165. The van der Waals surface area contributed by atoms with Gasteiger partial charge in [-0.15, -0.1) is 0 Å². The van der Waals surface area contributed by atoms with Gasteiger partial charge in [0, 0.05) is 49.3 Å². The second-order valence-corrected chi connectivity index (χ2v) is 14.8. The zero-order valence-electron chi connectivity index (χ0n) is 31.3. The smallest absolute Gasteiger partial charge is 0.164 e. The maximum atomic E-state index is 4.95. The van der Waals surface area contributed by atoms with Crippen molar-refractivity contribution >= 4 is 59.9 Å². The number of pyridine rings is 1. The van der Waals surface area contributed by atoms with Crippen molar-refractivity contribution in [3.63, 3.8) is 0 Å². The molecule has 0 aliphatic heterocycles. The van der Waals surface area contributed by atoms with Crippen molar-refractivity contribution in [3.8, 4) is 51.0 Å². The van der Waals surface area contributed by atoms with E-state index in [0.29, 0.717) is 17.5 Å². The first kappa shape index (κ1) is 32.4. The van der Waals surface area contributed by atoms with Crippen LogP contribution >= 0.6 is 0 Å². The van der Waals surface area contributed by atoms with E-state index in [1.807, 2.05) is 60.7 Å². The summed E-state index contributed by atoms with van der Waals surface area (Å²) in [6.45, 7) is 0. The van der Waals surface area contributed by atoms with Gasteiger partial charge in [0.05, 0.1) is 27.6 Å². The van der Waals surface area contributed by atoms with E-state index in [1.54, 1.807) is 0 Å². The fraction of sp³-hybridized carbons (Fsp3) is 0. The van der Waals surface area contributed by atoms with E-state index in [4.69, 9.17) is 15.0 Å². The zero-order valence-corrected chi connectivity index (χ0v) is 31.3. The van der Waals surface area contributed by atoms with Crippen molar-refractivity contribution in [2.75, 3.05) is 0 Å². The minimum atomic E-state index is 0.642. The molecule has 0 radical (unpaired) electrons. The number of benzene rings is 8. The largest absolute Gasteiger partial charge is 0.309 e. The average Bonchev–Trinajstić information content (AvgIpc) is 3.86. The first-order chi connectivity index (χ1) is 28.8. The molecule has 270 valence electrons. The number of hydrogen-bond acceptors (Lipinski definition) is 3. The van der Waals surface area contributed by atoms with Crippen LogP contribution in [0.2, 0.25) is 0 Å². The Bertz CT molecular complexity index is 3490. The summed E-state index contributed by atoms with van der Waals surface area (Å²) < 4.78 is 4.91. The lowest BCUT2D eigenvalue weighted by Crippen LogP contribution is -2.00. The van der Waals surface area contributed by atoms with Crippen LogP contribution in [-0.2, 0) is 0 Å². The Kier molecular flexibility index (Phi) is 7.16. The Morgan fingerprint density at radius 2 is 0.828 bits per heavy atom. The highest BCUT2D eigenvalue weighted by atomic mass is 15.0. The molecular weight excluding hydrogens is 707 g/mol. The van der Waals surface area contributed by atoms with Gasteiger partial charge < -0.3 is 8.97 Å². The van der Waals surface area contributed by atoms with Crippen molar-refractivity contribution in [2.24, 2.45) is 0 Å². The molecule has 0 bridgehead atoms. The number of rotatable bonds is 5. The maximum Gasteiger partial charge on any atom is 0.164 e. The summed E-state index contributed by atoms with van der Waals surface area (Å²) in [4.78, 5) is 14.8. The third kappa shape index (κ3) is 5.00. The molecule has 0 aliphatic carbocycles. The lowest BCUT2D eigenvalue weighted by Gasteiger charge is -2.12. The predicted molar refractivity (Wildman–Crippen MR) is 239 cm³/mol. The maximum absolute atomic E-state index is 4.95. The van der Waals surface area contributed by atoms with Gasteiger partial charge >= 0.3 is 0 Å². The van der Waals surface area contributed by atoms with Gasteiger partial charge in [0.1, 0.15) is 0 Å². The van der Waals surface area contributed by atoms with Gasteiger partial charge in [-0.05, 0) is 52.9 Å².